The van der Waals surface area contributed by atoms with E-state index in [4.69, 9.17) is 9.47 Å². The highest BCUT2D eigenvalue weighted by Crippen LogP contribution is 2.29. The molecule has 0 radical (unpaired) electrons. The minimum Gasteiger partial charge on any atom is -0.490 e. The van der Waals surface area contributed by atoms with Gasteiger partial charge < -0.3 is 25.2 Å². The van der Waals surface area contributed by atoms with E-state index < -0.39 is 5.60 Å². The summed E-state index contributed by atoms with van der Waals surface area (Å²) in [6, 6.07) is 0. The fourth-order valence-electron chi connectivity index (χ4n) is 2.05. The van der Waals surface area contributed by atoms with E-state index in [1.807, 2.05) is 0 Å². The summed E-state index contributed by atoms with van der Waals surface area (Å²) in [6.45, 7) is 1.58. The molecule has 0 aliphatic carbocycles. The Morgan fingerprint density at radius 1 is 1.37 bits per heavy atom. The van der Waals surface area contributed by atoms with Crippen molar-refractivity contribution in [3.8, 4) is 5.75 Å². The number of methoxy groups -OCH3 is 1. The lowest BCUT2D eigenvalue weighted by Crippen LogP contribution is -2.42. The van der Waals surface area contributed by atoms with E-state index >= 15 is 0 Å². The monoisotopic (exact) mass is 268 g/mol. The van der Waals surface area contributed by atoms with Crippen LogP contribution in [0.1, 0.15) is 12.8 Å². The quantitative estimate of drug-likeness (QED) is 0.715. The van der Waals surface area contributed by atoms with Gasteiger partial charge in [-0.1, -0.05) is 0 Å². The maximum absolute atomic E-state index is 10.4. The van der Waals surface area contributed by atoms with Crippen LogP contribution < -0.4 is 15.4 Å². The van der Waals surface area contributed by atoms with Gasteiger partial charge in [0.05, 0.1) is 12.7 Å². The molecular formula is C12H20N4O3. The average Bonchev–Trinajstić information content (AvgIpc) is 2.45. The zero-order chi connectivity index (χ0) is 13.7. The summed E-state index contributed by atoms with van der Waals surface area (Å²) in [5, 5.41) is 16.4. The van der Waals surface area contributed by atoms with Crippen molar-refractivity contribution in [1.29, 1.82) is 0 Å². The van der Waals surface area contributed by atoms with Crippen LogP contribution in [0.2, 0.25) is 0 Å². The molecule has 0 bridgehead atoms. The van der Waals surface area contributed by atoms with E-state index in [2.05, 4.69) is 20.6 Å². The number of aromatic nitrogens is 2. The van der Waals surface area contributed by atoms with E-state index in [1.165, 1.54) is 6.33 Å². The molecule has 1 aliphatic rings. The second-order valence-electron chi connectivity index (χ2n) is 4.54. The van der Waals surface area contributed by atoms with Gasteiger partial charge in [-0.15, -0.1) is 0 Å². The molecule has 3 N–H and O–H groups in total. The largest absolute Gasteiger partial charge is 0.490 e. The molecule has 0 aromatic carbocycles. The second-order valence-corrected chi connectivity index (χ2v) is 4.54. The molecule has 1 aromatic rings. The molecule has 1 fully saturated rings. The van der Waals surface area contributed by atoms with Crippen molar-refractivity contribution in [1.82, 2.24) is 9.97 Å². The van der Waals surface area contributed by atoms with Gasteiger partial charge in [0.15, 0.2) is 11.6 Å². The van der Waals surface area contributed by atoms with Gasteiger partial charge in [0.25, 0.3) is 0 Å². The van der Waals surface area contributed by atoms with Crippen molar-refractivity contribution in [2.45, 2.75) is 18.4 Å². The van der Waals surface area contributed by atoms with Crippen LogP contribution in [0, 0.1) is 0 Å². The molecule has 7 heteroatoms. The van der Waals surface area contributed by atoms with Crippen molar-refractivity contribution in [2.75, 3.05) is 44.5 Å². The zero-order valence-electron chi connectivity index (χ0n) is 11.3. The van der Waals surface area contributed by atoms with Gasteiger partial charge in [0, 0.05) is 39.6 Å². The number of nitrogens with one attached hydrogen (secondary N) is 2. The normalized spacial score (nSPS) is 17.8. The SMILES string of the molecule is CNc1ncnc(NCC2(O)CCOCC2)c1OC. The van der Waals surface area contributed by atoms with E-state index in [-0.39, 0.29) is 0 Å². The number of aliphatic hydroxyl groups is 1. The Labute approximate surface area is 112 Å². The molecule has 19 heavy (non-hydrogen) atoms. The molecule has 1 aromatic heterocycles. The van der Waals surface area contributed by atoms with Crippen LogP contribution in [0.4, 0.5) is 11.6 Å². The van der Waals surface area contributed by atoms with Crippen LogP contribution >= 0.6 is 0 Å². The lowest BCUT2D eigenvalue weighted by Gasteiger charge is -2.32. The first kappa shape index (κ1) is 13.8. The summed E-state index contributed by atoms with van der Waals surface area (Å²) in [6.07, 6.45) is 2.68. The number of hydrogen-bond acceptors (Lipinski definition) is 7. The van der Waals surface area contributed by atoms with Gasteiger partial charge in [-0.05, 0) is 0 Å². The van der Waals surface area contributed by atoms with Gasteiger partial charge in [-0.2, -0.15) is 0 Å². The Hall–Kier alpha value is -1.60. The number of hydrogen-bond donors (Lipinski definition) is 3. The summed E-state index contributed by atoms with van der Waals surface area (Å²) < 4.78 is 10.5. The highest BCUT2D eigenvalue weighted by atomic mass is 16.5. The highest BCUT2D eigenvalue weighted by Gasteiger charge is 2.30. The van der Waals surface area contributed by atoms with Gasteiger partial charge in [-0.25, -0.2) is 9.97 Å². The molecule has 0 spiro atoms. The molecule has 0 amide bonds. The van der Waals surface area contributed by atoms with Crippen LogP contribution in [0.3, 0.4) is 0 Å². The maximum Gasteiger partial charge on any atom is 0.204 e. The van der Waals surface area contributed by atoms with Crippen LogP contribution in [0.25, 0.3) is 0 Å². The van der Waals surface area contributed by atoms with Crippen molar-refractivity contribution in [3.63, 3.8) is 0 Å². The molecule has 0 unspecified atom stereocenters. The summed E-state index contributed by atoms with van der Waals surface area (Å²) in [7, 11) is 3.33. The van der Waals surface area contributed by atoms with Crippen molar-refractivity contribution in [2.24, 2.45) is 0 Å². The fourth-order valence-corrected chi connectivity index (χ4v) is 2.05. The van der Waals surface area contributed by atoms with E-state index in [0.717, 1.165) is 0 Å². The number of ether oxygens (including phenoxy) is 2. The van der Waals surface area contributed by atoms with Gasteiger partial charge >= 0.3 is 0 Å². The van der Waals surface area contributed by atoms with Gasteiger partial charge in [0.2, 0.25) is 5.75 Å². The lowest BCUT2D eigenvalue weighted by atomic mass is 9.94. The maximum atomic E-state index is 10.4. The van der Waals surface area contributed by atoms with Crippen molar-refractivity contribution >= 4 is 11.6 Å². The standard InChI is InChI=1S/C12H20N4O3/c1-13-10-9(18-2)11(16-8-15-10)14-7-12(17)3-5-19-6-4-12/h8,17H,3-7H2,1-2H3,(H2,13,14,15,16). The summed E-state index contributed by atoms with van der Waals surface area (Å²) in [5.41, 5.74) is -0.756. The molecule has 0 atom stereocenters. The zero-order valence-corrected chi connectivity index (χ0v) is 11.3. The highest BCUT2D eigenvalue weighted by molar-refractivity contribution is 5.63. The van der Waals surface area contributed by atoms with E-state index in [1.54, 1.807) is 14.2 Å². The van der Waals surface area contributed by atoms with Gasteiger partial charge in [-0.3, -0.25) is 0 Å². The molecule has 1 aliphatic heterocycles. The first-order valence-electron chi connectivity index (χ1n) is 6.29. The Kier molecular flexibility index (Phi) is 4.39. The Morgan fingerprint density at radius 3 is 2.68 bits per heavy atom. The molecule has 7 nitrogen and oxygen atoms in total. The first-order chi connectivity index (χ1) is 9.18. The Bertz CT molecular complexity index is 421. The minimum atomic E-state index is -0.756. The van der Waals surface area contributed by atoms with Crippen molar-refractivity contribution < 1.29 is 14.6 Å². The predicted octanol–water partition coefficient (Wildman–Crippen LogP) is 0.480. The fraction of sp³-hybridized carbons (Fsp3) is 0.667. The van der Waals surface area contributed by atoms with Crippen LogP contribution in [-0.2, 0) is 4.74 Å². The lowest BCUT2D eigenvalue weighted by molar-refractivity contribution is -0.0543. The van der Waals surface area contributed by atoms with E-state index in [0.29, 0.717) is 50.0 Å². The predicted molar refractivity (Wildman–Crippen MR) is 71.6 cm³/mol. The second kappa shape index (κ2) is 6.03. The third-order valence-corrected chi connectivity index (χ3v) is 3.25. The summed E-state index contributed by atoms with van der Waals surface area (Å²) >= 11 is 0. The molecule has 0 saturated carbocycles. The Balaban J connectivity index is 2.06. The van der Waals surface area contributed by atoms with E-state index in [9.17, 15) is 5.11 Å². The molecule has 1 saturated heterocycles. The third kappa shape index (κ3) is 3.24. The third-order valence-electron chi connectivity index (χ3n) is 3.25. The first-order valence-corrected chi connectivity index (χ1v) is 6.29. The van der Waals surface area contributed by atoms with Gasteiger partial charge in [0.1, 0.15) is 6.33 Å². The number of nitrogens with zero attached hydrogens (tertiary/aromatic N) is 2. The number of anilines is 2. The summed E-state index contributed by atoms with van der Waals surface area (Å²) in [4.78, 5) is 8.22. The van der Waals surface area contributed by atoms with Crippen LogP contribution in [-0.4, -0.2) is 54.6 Å². The smallest absolute Gasteiger partial charge is 0.204 e. The number of rotatable bonds is 5. The summed E-state index contributed by atoms with van der Waals surface area (Å²) in [5.74, 6) is 1.72. The molecular weight excluding hydrogens is 248 g/mol. The molecule has 2 heterocycles. The molecule has 106 valence electrons. The van der Waals surface area contributed by atoms with Crippen molar-refractivity contribution in [3.05, 3.63) is 6.33 Å². The van der Waals surface area contributed by atoms with Crippen LogP contribution in [0.15, 0.2) is 6.33 Å². The van der Waals surface area contributed by atoms with Crippen LogP contribution in [0.5, 0.6) is 5.75 Å². The molecule has 2 rings (SSSR count). The average molecular weight is 268 g/mol. The minimum absolute atomic E-state index is 0.410. The topological polar surface area (TPSA) is 88.5 Å². The Morgan fingerprint density at radius 2 is 2.05 bits per heavy atom.